The summed E-state index contributed by atoms with van der Waals surface area (Å²) < 4.78 is 5.47. The Morgan fingerprint density at radius 2 is 1.42 bits per heavy atom. The summed E-state index contributed by atoms with van der Waals surface area (Å²) in [4.78, 5) is 12.6. The third-order valence-corrected chi connectivity index (χ3v) is 4.50. The summed E-state index contributed by atoms with van der Waals surface area (Å²) in [5.74, 6) is -0.157. The van der Waals surface area contributed by atoms with Crippen LogP contribution in [-0.4, -0.2) is 11.1 Å². The van der Waals surface area contributed by atoms with Crippen LogP contribution in [0.1, 0.15) is 68.6 Å². The molecule has 140 valence electrons. The molecule has 0 fully saturated rings. The van der Waals surface area contributed by atoms with Crippen LogP contribution in [0.25, 0.3) is 0 Å². The first kappa shape index (κ1) is 20.3. The lowest BCUT2D eigenvalue weighted by atomic mass is 9.78. The second kappa shape index (κ2) is 7.32. The van der Waals surface area contributed by atoms with E-state index in [1.807, 2.05) is 53.7 Å². The van der Waals surface area contributed by atoms with Gasteiger partial charge in [0.15, 0.2) is 0 Å². The van der Waals surface area contributed by atoms with Gasteiger partial charge < -0.3 is 9.84 Å². The van der Waals surface area contributed by atoms with Crippen LogP contribution in [0.3, 0.4) is 0 Å². The number of aromatic hydroxyl groups is 1. The van der Waals surface area contributed by atoms with Gasteiger partial charge in [-0.15, -0.1) is 0 Å². The summed E-state index contributed by atoms with van der Waals surface area (Å²) in [7, 11) is 0. The standard InChI is InChI=1S/C22H27ClO3/c1-21(2,3)17-11-15(12-18(19(17)24)22(4,5)6)20(25)26-13-14-7-9-16(23)10-8-14/h7-12,24H,13H2,1-6H3. The third-order valence-electron chi connectivity index (χ3n) is 4.24. The van der Waals surface area contributed by atoms with Crippen LogP contribution in [-0.2, 0) is 22.2 Å². The highest BCUT2D eigenvalue weighted by molar-refractivity contribution is 6.30. The van der Waals surface area contributed by atoms with Crippen molar-refractivity contribution >= 4 is 17.6 Å². The van der Waals surface area contributed by atoms with Gasteiger partial charge in [0.05, 0.1) is 5.56 Å². The molecule has 0 aromatic heterocycles. The molecule has 0 aliphatic rings. The second-order valence-electron chi connectivity index (χ2n) is 8.62. The van der Waals surface area contributed by atoms with Crippen LogP contribution < -0.4 is 0 Å². The van der Waals surface area contributed by atoms with E-state index in [4.69, 9.17) is 16.3 Å². The van der Waals surface area contributed by atoms with Crippen molar-refractivity contribution in [2.45, 2.75) is 59.0 Å². The highest BCUT2D eigenvalue weighted by Crippen LogP contribution is 2.39. The predicted molar refractivity (Wildman–Crippen MR) is 106 cm³/mol. The topological polar surface area (TPSA) is 46.5 Å². The Morgan fingerprint density at radius 3 is 1.85 bits per heavy atom. The van der Waals surface area contributed by atoms with Gasteiger partial charge in [-0.25, -0.2) is 4.79 Å². The number of benzene rings is 2. The molecular formula is C22H27ClO3. The van der Waals surface area contributed by atoms with Crippen LogP contribution in [0, 0.1) is 0 Å². The third kappa shape index (κ3) is 4.79. The molecular weight excluding hydrogens is 348 g/mol. The molecule has 0 heterocycles. The normalized spacial score (nSPS) is 12.1. The van der Waals surface area contributed by atoms with E-state index in [0.717, 1.165) is 16.7 Å². The van der Waals surface area contributed by atoms with Crippen LogP contribution in [0.15, 0.2) is 36.4 Å². The maximum atomic E-state index is 12.6. The number of carbonyl (C=O) groups excluding carboxylic acids is 1. The summed E-state index contributed by atoms with van der Waals surface area (Å²) in [5, 5.41) is 11.4. The number of hydrogen-bond acceptors (Lipinski definition) is 3. The van der Waals surface area contributed by atoms with Crippen molar-refractivity contribution in [3.8, 4) is 5.75 Å². The lowest BCUT2D eigenvalue weighted by Crippen LogP contribution is -2.19. The van der Waals surface area contributed by atoms with Gasteiger partial charge in [0.1, 0.15) is 12.4 Å². The van der Waals surface area contributed by atoms with Crippen LogP contribution in [0.4, 0.5) is 0 Å². The Hall–Kier alpha value is -2.00. The first-order valence-electron chi connectivity index (χ1n) is 8.69. The van der Waals surface area contributed by atoms with E-state index in [-0.39, 0.29) is 23.2 Å². The molecule has 0 amide bonds. The number of phenolic OH excluding ortho intramolecular Hbond substituents is 1. The van der Waals surface area contributed by atoms with Crippen molar-refractivity contribution in [3.63, 3.8) is 0 Å². The number of rotatable bonds is 3. The van der Waals surface area contributed by atoms with Crippen molar-refractivity contribution in [3.05, 3.63) is 63.7 Å². The van der Waals surface area contributed by atoms with Crippen LogP contribution in [0.5, 0.6) is 5.75 Å². The lowest BCUT2D eigenvalue weighted by molar-refractivity contribution is 0.0472. The monoisotopic (exact) mass is 374 g/mol. The molecule has 0 saturated carbocycles. The molecule has 0 spiro atoms. The minimum atomic E-state index is -0.407. The predicted octanol–water partition coefficient (Wildman–Crippen LogP) is 6.00. The number of phenols is 1. The van der Waals surface area contributed by atoms with Crippen molar-refractivity contribution < 1.29 is 14.6 Å². The van der Waals surface area contributed by atoms with Gasteiger partial charge in [-0.05, 0) is 40.7 Å². The molecule has 0 unspecified atom stereocenters. The number of esters is 1. The fourth-order valence-corrected chi connectivity index (χ4v) is 2.83. The minimum Gasteiger partial charge on any atom is -0.507 e. The summed E-state index contributed by atoms with van der Waals surface area (Å²) >= 11 is 5.87. The first-order valence-corrected chi connectivity index (χ1v) is 9.07. The molecule has 2 rings (SSSR count). The maximum Gasteiger partial charge on any atom is 0.338 e. The summed E-state index contributed by atoms with van der Waals surface area (Å²) in [5.41, 5.74) is 2.21. The average molecular weight is 375 g/mol. The van der Waals surface area contributed by atoms with Crippen LogP contribution in [0.2, 0.25) is 5.02 Å². The van der Waals surface area contributed by atoms with Gasteiger partial charge in [-0.1, -0.05) is 65.3 Å². The number of carbonyl (C=O) groups is 1. The van der Waals surface area contributed by atoms with Gasteiger partial charge in [0, 0.05) is 16.1 Å². The fourth-order valence-electron chi connectivity index (χ4n) is 2.71. The Morgan fingerprint density at radius 1 is 0.962 bits per heavy atom. The van der Waals surface area contributed by atoms with Crippen molar-refractivity contribution in [2.24, 2.45) is 0 Å². The molecule has 2 aromatic rings. The molecule has 0 aliphatic heterocycles. The zero-order valence-electron chi connectivity index (χ0n) is 16.3. The SMILES string of the molecule is CC(C)(C)c1cc(C(=O)OCc2ccc(Cl)cc2)cc(C(C)(C)C)c1O. The largest absolute Gasteiger partial charge is 0.507 e. The molecule has 0 aliphatic carbocycles. The second-order valence-corrected chi connectivity index (χ2v) is 9.06. The molecule has 3 nitrogen and oxygen atoms in total. The summed E-state index contributed by atoms with van der Waals surface area (Å²) in [6, 6.07) is 10.6. The van der Waals surface area contributed by atoms with E-state index in [1.54, 1.807) is 24.3 Å². The highest BCUT2D eigenvalue weighted by atomic mass is 35.5. The molecule has 26 heavy (non-hydrogen) atoms. The Balaban J connectivity index is 2.35. The molecule has 0 atom stereocenters. The average Bonchev–Trinajstić information content (AvgIpc) is 2.52. The molecule has 4 heteroatoms. The highest BCUT2D eigenvalue weighted by Gasteiger charge is 2.28. The van der Waals surface area contributed by atoms with Crippen molar-refractivity contribution in [1.82, 2.24) is 0 Å². The number of hydrogen-bond donors (Lipinski definition) is 1. The van der Waals surface area contributed by atoms with Crippen LogP contribution >= 0.6 is 11.6 Å². The van der Waals surface area contributed by atoms with E-state index in [0.29, 0.717) is 10.6 Å². The van der Waals surface area contributed by atoms with Gasteiger partial charge in [0.25, 0.3) is 0 Å². The van der Waals surface area contributed by atoms with Gasteiger partial charge >= 0.3 is 5.97 Å². The Labute approximate surface area is 161 Å². The summed E-state index contributed by atoms with van der Waals surface area (Å²) in [6.07, 6.45) is 0. The first-order chi connectivity index (χ1) is 11.9. The minimum absolute atomic E-state index is 0.173. The van der Waals surface area contributed by atoms with Gasteiger partial charge in [0.2, 0.25) is 0 Å². The fraction of sp³-hybridized carbons (Fsp3) is 0.409. The van der Waals surface area contributed by atoms with Crippen molar-refractivity contribution in [2.75, 3.05) is 0 Å². The molecule has 0 saturated heterocycles. The van der Waals surface area contributed by atoms with E-state index in [2.05, 4.69) is 0 Å². The Bertz CT molecular complexity index is 759. The lowest BCUT2D eigenvalue weighted by Gasteiger charge is -2.28. The van der Waals surface area contributed by atoms with E-state index in [9.17, 15) is 9.90 Å². The molecule has 2 aromatic carbocycles. The molecule has 1 N–H and O–H groups in total. The zero-order chi connectivity index (χ0) is 19.7. The quantitative estimate of drug-likeness (QED) is 0.670. The number of ether oxygens (including phenoxy) is 1. The number of halogens is 1. The van der Waals surface area contributed by atoms with E-state index >= 15 is 0 Å². The smallest absolute Gasteiger partial charge is 0.338 e. The maximum absolute atomic E-state index is 12.6. The van der Waals surface area contributed by atoms with E-state index in [1.165, 1.54) is 0 Å². The van der Waals surface area contributed by atoms with Gasteiger partial charge in [-0.3, -0.25) is 0 Å². The van der Waals surface area contributed by atoms with E-state index < -0.39 is 5.97 Å². The Kier molecular flexibility index (Phi) is 5.72. The molecule has 0 bridgehead atoms. The zero-order valence-corrected chi connectivity index (χ0v) is 17.1. The molecule has 0 radical (unpaired) electrons. The van der Waals surface area contributed by atoms with Gasteiger partial charge in [-0.2, -0.15) is 0 Å². The summed E-state index contributed by atoms with van der Waals surface area (Å²) in [6.45, 7) is 12.2. The van der Waals surface area contributed by atoms with Crippen molar-refractivity contribution in [1.29, 1.82) is 0 Å².